The zero-order valence-corrected chi connectivity index (χ0v) is 16.9. The summed E-state index contributed by atoms with van der Waals surface area (Å²) in [6.45, 7) is 5.60. The summed E-state index contributed by atoms with van der Waals surface area (Å²) in [6, 6.07) is 10.0. The number of ether oxygens (including phenoxy) is 1. The van der Waals surface area contributed by atoms with Crippen molar-refractivity contribution in [2.24, 2.45) is 5.92 Å². The zero-order chi connectivity index (χ0) is 20.2. The lowest BCUT2D eigenvalue weighted by atomic mass is 9.99. The Morgan fingerprint density at radius 2 is 1.69 bits per heavy atom. The topological polar surface area (TPSA) is 45.7 Å². The molecular weight excluding hydrogens is 369 g/mol. The van der Waals surface area contributed by atoms with Crippen LogP contribution in [0.15, 0.2) is 42.6 Å². The maximum absolute atomic E-state index is 13.0. The molecule has 3 heterocycles. The van der Waals surface area contributed by atoms with Crippen LogP contribution in [0.1, 0.15) is 43.0 Å². The lowest BCUT2D eigenvalue weighted by molar-refractivity contribution is 0.0697. The number of carbonyl (C=O) groups is 1. The first kappa shape index (κ1) is 19.7. The number of aromatic nitrogens is 1. The predicted octanol–water partition coefficient (Wildman–Crippen LogP) is 4.14. The van der Waals surface area contributed by atoms with Crippen molar-refractivity contribution in [1.82, 2.24) is 9.88 Å². The van der Waals surface area contributed by atoms with Gasteiger partial charge in [0.1, 0.15) is 23.5 Å². The molecule has 6 heteroatoms. The molecule has 0 unspecified atom stereocenters. The van der Waals surface area contributed by atoms with Crippen molar-refractivity contribution in [3.05, 3.63) is 54.0 Å². The summed E-state index contributed by atoms with van der Waals surface area (Å²) in [5.74, 6) is 2.14. The Morgan fingerprint density at radius 3 is 2.31 bits per heavy atom. The largest absolute Gasteiger partial charge is 0.490 e. The zero-order valence-electron chi connectivity index (χ0n) is 16.9. The van der Waals surface area contributed by atoms with E-state index in [0.29, 0.717) is 17.2 Å². The molecule has 2 aliphatic rings. The quantitative estimate of drug-likeness (QED) is 0.778. The normalized spacial score (nSPS) is 18.7. The maximum atomic E-state index is 13.0. The monoisotopic (exact) mass is 397 g/mol. The lowest BCUT2D eigenvalue weighted by Gasteiger charge is -2.33. The minimum Gasteiger partial charge on any atom is -0.490 e. The molecule has 29 heavy (non-hydrogen) atoms. The van der Waals surface area contributed by atoms with Gasteiger partial charge in [0, 0.05) is 45.2 Å². The summed E-state index contributed by atoms with van der Waals surface area (Å²) in [6.07, 6.45) is 5.74. The van der Waals surface area contributed by atoms with Crippen molar-refractivity contribution in [2.45, 2.75) is 38.7 Å². The lowest BCUT2D eigenvalue weighted by Crippen LogP contribution is -2.39. The van der Waals surface area contributed by atoms with E-state index in [9.17, 15) is 9.18 Å². The molecule has 0 atom stereocenters. The van der Waals surface area contributed by atoms with Gasteiger partial charge in [0.05, 0.1) is 5.56 Å². The van der Waals surface area contributed by atoms with Crippen molar-refractivity contribution >= 4 is 11.7 Å². The van der Waals surface area contributed by atoms with Crippen LogP contribution in [0.2, 0.25) is 0 Å². The van der Waals surface area contributed by atoms with Crippen LogP contribution in [0.4, 0.5) is 10.2 Å². The molecule has 0 aliphatic carbocycles. The Morgan fingerprint density at radius 1 is 1.00 bits per heavy atom. The average Bonchev–Trinajstić information content (AvgIpc) is 2.76. The second-order valence-electron chi connectivity index (χ2n) is 8.14. The van der Waals surface area contributed by atoms with E-state index in [2.05, 4.69) is 16.8 Å². The van der Waals surface area contributed by atoms with Gasteiger partial charge in [-0.2, -0.15) is 0 Å². The number of anilines is 1. The summed E-state index contributed by atoms with van der Waals surface area (Å²) in [7, 11) is 0. The van der Waals surface area contributed by atoms with Crippen LogP contribution in [0.5, 0.6) is 5.75 Å². The minimum atomic E-state index is -0.255. The highest BCUT2D eigenvalue weighted by Crippen LogP contribution is 2.23. The van der Waals surface area contributed by atoms with Crippen LogP contribution in [0.3, 0.4) is 0 Å². The molecule has 2 fully saturated rings. The van der Waals surface area contributed by atoms with Crippen molar-refractivity contribution < 1.29 is 13.9 Å². The number of benzene rings is 1. The Labute approximate surface area is 171 Å². The van der Waals surface area contributed by atoms with Crippen LogP contribution in [-0.4, -0.2) is 48.1 Å². The highest BCUT2D eigenvalue weighted by atomic mass is 19.1. The number of pyridine rings is 1. The molecule has 1 aromatic carbocycles. The van der Waals surface area contributed by atoms with Gasteiger partial charge in [0.2, 0.25) is 0 Å². The smallest absolute Gasteiger partial charge is 0.255 e. The van der Waals surface area contributed by atoms with Crippen molar-refractivity contribution in [2.75, 3.05) is 31.1 Å². The second kappa shape index (κ2) is 8.80. The maximum Gasteiger partial charge on any atom is 0.255 e. The number of rotatable bonds is 4. The van der Waals surface area contributed by atoms with Crippen LogP contribution in [0.25, 0.3) is 0 Å². The molecule has 0 bridgehead atoms. The van der Waals surface area contributed by atoms with Gasteiger partial charge in [-0.25, -0.2) is 9.37 Å². The van der Waals surface area contributed by atoms with Gasteiger partial charge < -0.3 is 14.5 Å². The predicted molar refractivity (Wildman–Crippen MR) is 111 cm³/mol. The molecule has 4 rings (SSSR count). The second-order valence-corrected chi connectivity index (χ2v) is 8.14. The van der Waals surface area contributed by atoms with Gasteiger partial charge in [0.25, 0.3) is 5.91 Å². The van der Waals surface area contributed by atoms with E-state index >= 15 is 0 Å². The Kier molecular flexibility index (Phi) is 5.97. The fraction of sp³-hybridized carbons (Fsp3) is 0.478. The van der Waals surface area contributed by atoms with Crippen molar-refractivity contribution in [3.63, 3.8) is 0 Å². The highest BCUT2D eigenvalue weighted by Gasteiger charge is 2.24. The number of hydrogen-bond acceptors (Lipinski definition) is 4. The van der Waals surface area contributed by atoms with E-state index in [1.165, 1.54) is 12.1 Å². The molecule has 2 aliphatic heterocycles. The number of piperidine rings is 2. The molecule has 0 radical (unpaired) electrons. The van der Waals surface area contributed by atoms with Gasteiger partial charge in [0.15, 0.2) is 0 Å². The van der Waals surface area contributed by atoms with Gasteiger partial charge in [-0.05, 0) is 55.2 Å². The van der Waals surface area contributed by atoms with Crippen LogP contribution >= 0.6 is 0 Å². The van der Waals surface area contributed by atoms with Crippen molar-refractivity contribution in [1.29, 1.82) is 0 Å². The summed E-state index contributed by atoms with van der Waals surface area (Å²) >= 11 is 0. The molecule has 0 spiro atoms. The summed E-state index contributed by atoms with van der Waals surface area (Å²) in [5, 5.41) is 0. The number of halogens is 1. The number of likely N-dealkylation sites (tertiary alicyclic amines) is 1. The van der Waals surface area contributed by atoms with Crippen molar-refractivity contribution in [3.8, 4) is 5.75 Å². The fourth-order valence-corrected chi connectivity index (χ4v) is 4.00. The molecule has 0 N–H and O–H groups in total. The Balaban J connectivity index is 1.29. The molecule has 154 valence electrons. The molecule has 1 aromatic heterocycles. The van der Waals surface area contributed by atoms with E-state index in [4.69, 9.17) is 4.74 Å². The number of nitrogens with zero attached hydrogens (tertiary/aromatic N) is 3. The molecule has 2 aromatic rings. The molecule has 0 saturated carbocycles. The summed E-state index contributed by atoms with van der Waals surface area (Å²) in [5.41, 5.74) is 0.665. The van der Waals surface area contributed by atoms with Crippen LogP contribution < -0.4 is 9.64 Å². The number of hydrogen-bond donors (Lipinski definition) is 0. The third kappa shape index (κ3) is 4.86. The Bertz CT molecular complexity index is 809. The molecule has 2 saturated heterocycles. The number of amides is 1. The van der Waals surface area contributed by atoms with Gasteiger partial charge in [-0.15, -0.1) is 0 Å². The van der Waals surface area contributed by atoms with E-state index in [0.717, 1.165) is 57.7 Å². The van der Waals surface area contributed by atoms with Gasteiger partial charge in [-0.3, -0.25) is 4.79 Å². The molecular formula is C23H28FN3O2. The third-order valence-corrected chi connectivity index (χ3v) is 5.95. The van der Waals surface area contributed by atoms with E-state index < -0.39 is 0 Å². The standard InChI is InChI=1S/C23H28FN3O2/c1-17-8-12-27(13-9-17)23(28)18-2-7-22(25-16-18)26-14-10-21(11-15-26)29-20-5-3-19(24)4-6-20/h2-7,16-17,21H,8-15H2,1H3. The minimum absolute atomic E-state index is 0.0855. The summed E-state index contributed by atoms with van der Waals surface area (Å²) < 4.78 is 19.0. The Hall–Kier alpha value is -2.63. The van der Waals surface area contributed by atoms with E-state index in [-0.39, 0.29) is 17.8 Å². The van der Waals surface area contributed by atoms with Crippen LogP contribution in [0, 0.1) is 11.7 Å². The first-order valence-corrected chi connectivity index (χ1v) is 10.5. The highest BCUT2D eigenvalue weighted by molar-refractivity contribution is 5.94. The van der Waals surface area contributed by atoms with E-state index in [1.807, 2.05) is 17.0 Å². The number of carbonyl (C=O) groups excluding carboxylic acids is 1. The molecule has 5 nitrogen and oxygen atoms in total. The van der Waals surface area contributed by atoms with Crippen LogP contribution in [-0.2, 0) is 0 Å². The average molecular weight is 397 g/mol. The fourth-order valence-electron chi connectivity index (χ4n) is 4.00. The van der Waals surface area contributed by atoms with E-state index in [1.54, 1.807) is 18.3 Å². The first-order valence-electron chi connectivity index (χ1n) is 10.5. The molecule has 1 amide bonds. The SMILES string of the molecule is CC1CCN(C(=O)c2ccc(N3CCC(Oc4ccc(F)cc4)CC3)nc2)CC1. The third-order valence-electron chi connectivity index (χ3n) is 5.95. The van der Waals surface area contributed by atoms with Gasteiger partial charge in [-0.1, -0.05) is 6.92 Å². The van der Waals surface area contributed by atoms with Gasteiger partial charge >= 0.3 is 0 Å². The summed E-state index contributed by atoms with van der Waals surface area (Å²) in [4.78, 5) is 21.4. The first-order chi connectivity index (χ1) is 14.1.